The molecule has 2 rings (SSSR count). The van der Waals surface area contributed by atoms with E-state index in [1.54, 1.807) is 0 Å². The number of hydrogen-bond acceptors (Lipinski definition) is 4. The van der Waals surface area contributed by atoms with Crippen molar-refractivity contribution < 1.29 is 18.8 Å². The number of carbonyl (C=O) groups excluding carboxylic acids is 1. The molecular weight excluding hydrogens is 413 g/mol. The second kappa shape index (κ2) is 13.4. The normalized spacial score (nSPS) is 16.8. The molecule has 6 heteroatoms. The number of rotatable bonds is 7. The number of piperidine rings is 1. The molecule has 1 aliphatic heterocycles. The van der Waals surface area contributed by atoms with Gasteiger partial charge in [0.2, 0.25) is 0 Å². The minimum absolute atomic E-state index is 0.0700. The monoisotopic (exact) mass is 461 g/mol. The topological polar surface area (TPSA) is 48.0 Å². The molecule has 188 valence electrons. The number of hydrogen-bond donors (Lipinski definition) is 0. The van der Waals surface area contributed by atoms with Gasteiger partial charge in [-0.15, -0.1) is 0 Å². The fourth-order valence-electron chi connectivity index (χ4n) is 3.83. The zero-order valence-electron chi connectivity index (χ0n) is 22.9. The van der Waals surface area contributed by atoms with Gasteiger partial charge in [0.1, 0.15) is 5.60 Å². The van der Waals surface area contributed by atoms with Crippen molar-refractivity contribution in [2.75, 3.05) is 6.54 Å². The standard InChI is InChI=1S/C25H42BNO4.C2H6/c1-19(2)30-26(31-25(6,7)8)21-13-11-12-20(18-21)15-16-22-14-9-10-17-27(22)23(28)29-24(3,4)5;1-2/h11-13,18-19,22H,9-10,14-17H2,1-8H3;1-2H3. The van der Waals surface area contributed by atoms with Gasteiger partial charge in [0.25, 0.3) is 0 Å². The SMILES string of the molecule is CC.CC(C)OB(OC(C)(C)C)c1cccc(CCC2CCCCN2C(=O)OC(C)(C)C)c1. The quantitative estimate of drug-likeness (QED) is 0.443. The molecule has 5 nitrogen and oxygen atoms in total. The first-order chi connectivity index (χ1) is 15.3. The van der Waals surface area contributed by atoms with Gasteiger partial charge in [-0.2, -0.15) is 0 Å². The van der Waals surface area contributed by atoms with Crippen LogP contribution in [0.1, 0.15) is 100 Å². The molecule has 1 heterocycles. The van der Waals surface area contributed by atoms with E-state index in [1.807, 2.05) is 74.1 Å². The largest absolute Gasteiger partial charge is 0.494 e. The van der Waals surface area contributed by atoms with Gasteiger partial charge in [-0.3, -0.25) is 0 Å². The van der Waals surface area contributed by atoms with Crippen LogP contribution in [0.4, 0.5) is 4.79 Å². The third-order valence-corrected chi connectivity index (χ3v) is 5.10. The lowest BCUT2D eigenvalue weighted by Crippen LogP contribution is -2.46. The molecule has 1 fully saturated rings. The van der Waals surface area contributed by atoms with Crippen LogP contribution >= 0.6 is 0 Å². The zero-order chi connectivity index (χ0) is 25.2. The molecule has 0 bridgehead atoms. The van der Waals surface area contributed by atoms with Crippen LogP contribution in [0.3, 0.4) is 0 Å². The summed E-state index contributed by atoms with van der Waals surface area (Å²) in [6.07, 6.45) is 4.96. The maximum atomic E-state index is 12.7. The maximum absolute atomic E-state index is 12.7. The van der Waals surface area contributed by atoms with Crippen LogP contribution in [0.5, 0.6) is 0 Å². The van der Waals surface area contributed by atoms with Crippen LogP contribution in [0, 0.1) is 0 Å². The first-order valence-corrected chi connectivity index (χ1v) is 12.8. The van der Waals surface area contributed by atoms with Crippen molar-refractivity contribution in [1.82, 2.24) is 4.90 Å². The van der Waals surface area contributed by atoms with E-state index in [9.17, 15) is 4.79 Å². The van der Waals surface area contributed by atoms with E-state index in [2.05, 4.69) is 24.3 Å². The van der Waals surface area contributed by atoms with E-state index in [4.69, 9.17) is 14.0 Å². The molecule has 1 aliphatic rings. The number of carbonyl (C=O) groups is 1. The zero-order valence-corrected chi connectivity index (χ0v) is 22.9. The van der Waals surface area contributed by atoms with Crippen molar-refractivity contribution in [2.45, 2.75) is 125 Å². The van der Waals surface area contributed by atoms with Crippen LogP contribution < -0.4 is 5.46 Å². The summed E-state index contributed by atoms with van der Waals surface area (Å²) in [6, 6.07) is 8.68. The van der Waals surface area contributed by atoms with Gasteiger partial charge < -0.3 is 18.9 Å². The summed E-state index contributed by atoms with van der Waals surface area (Å²) in [4.78, 5) is 14.6. The Hall–Kier alpha value is -1.53. The highest BCUT2D eigenvalue weighted by molar-refractivity contribution is 6.61. The highest BCUT2D eigenvalue weighted by Crippen LogP contribution is 2.24. The highest BCUT2D eigenvalue weighted by Gasteiger charge is 2.31. The fourth-order valence-corrected chi connectivity index (χ4v) is 3.83. The molecule has 1 aromatic carbocycles. The molecule has 1 amide bonds. The van der Waals surface area contributed by atoms with E-state index >= 15 is 0 Å². The summed E-state index contributed by atoms with van der Waals surface area (Å²) in [5.74, 6) is 0. The molecule has 0 saturated carbocycles. The third kappa shape index (κ3) is 11.4. The summed E-state index contributed by atoms with van der Waals surface area (Å²) >= 11 is 0. The number of amides is 1. The van der Waals surface area contributed by atoms with Crippen LogP contribution in [0.15, 0.2) is 24.3 Å². The summed E-state index contributed by atoms with van der Waals surface area (Å²) in [5, 5.41) is 0. The molecule has 1 atom stereocenters. The molecule has 1 aromatic rings. The van der Waals surface area contributed by atoms with E-state index in [0.717, 1.165) is 44.1 Å². The number of nitrogens with zero attached hydrogens (tertiary/aromatic N) is 1. The van der Waals surface area contributed by atoms with Crippen molar-refractivity contribution in [1.29, 1.82) is 0 Å². The lowest BCUT2D eigenvalue weighted by Gasteiger charge is -2.37. The van der Waals surface area contributed by atoms with E-state index in [-0.39, 0.29) is 23.8 Å². The second-order valence-corrected chi connectivity index (χ2v) is 10.9. The Labute approximate surface area is 203 Å². The lowest BCUT2D eigenvalue weighted by molar-refractivity contribution is 0.00890. The molecular formula is C27H48BNO4. The Kier molecular flexibility index (Phi) is 12.0. The molecule has 0 radical (unpaired) electrons. The molecule has 1 saturated heterocycles. The van der Waals surface area contributed by atoms with Gasteiger partial charge >= 0.3 is 13.2 Å². The van der Waals surface area contributed by atoms with E-state index in [0.29, 0.717) is 0 Å². The van der Waals surface area contributed by atoms with Crippen LogP contribution in [0.2, 0.25) is 0 Å². The van der Waals surface area contributed by atoms with Crippen molar-refractivity contribution in [2.24, 2.45) is 0 Å². The van der Waals surface area contributed by atoms with Gasteiger partial charge in [-0.05, 0) is 98.5 Å². The Morgan fingerprint density at radius 2 is 1.76 bits per heavy atom. The predicted octanol–water partition coefficient (Wildman–Crippen LogP) is 6.37. The Bertz CT molecular complexity index is 709. The fraction of sp³-hybridized carbons (Fsp3) is 0.741. The number of aryl methyl sites for hydroxylation is 1. The van der Waals surface area contributed by atoms with Gasteiger partial charge in [0.15, 0.2) is 0 Å². The summed E-state index contributed by atoms with van der Waals surface area (Å²) in [7, 11) is -0.395. The van der Waals surface area contributed by atoms with Crippen molar-refractivity contribution >= 4 is 18.7 Å². The van der Waals surface area contributed by atoms with Crippen LogP contribution in [-0.2, 0) is 20.5 Å². The molecule has 0 aromatic heterocycles. The van der Waals surface area contributed by atoms with Crippen LogP contribution in [0.25, 0.3) is 0 Å². The minimum atomic E-state index is -0.466. The smallest absolute Gasteiger partial charge is 0.444 e. The lowest BCUT2D eigenvalue weighted by atomic mass is 9.76. The number of benzene rings is 1. The summed E-state index contributed by atoms with van der Waals surface area (Å²) in [5.41, 5.74) is 1.51. The van der Waals surface area contributed by atoms with E-state index in [1.165, 1.54) is 5.56 Å². The maximum Gasteiger partial charge on any atom is 0.494 e. The number of likely N-dealkylation sites (tertiary alicyclic amines) is 1. The summed E-state index contributed by atoms with van der Waals surface area (Å²) in [6.45, 7) is 20.7. The average Bonchev–Trinajstić information content (AvgIpc) is 2.71. The summed E-state index contributed by atoms with van der Waals surface area (Å²) < 4.78 is 17.9. The van der Waals surface area contributed by atoms with Gasteiger partial charge in [0, 0.05) is 24.3 Å². The molecule has 0 N–H and O–H groups in total. The van der Waals surface area contributed by atoms with Gasteiger partial charge in [0.05, 0.1) is 0 Å². The van der Waals surface area contributed by atoms with Crippen molar-refractivity contribution in [3.8, 4) is 0 Å². The van der Waals surface area contributed by atoms with Crippen molar-refractivity contribution in [3.05, 3.63) is 29.8 Å². The van der Waals surface area contributed by atoms with Gasteiger partial charge in [-0.25, -0.2) is 4.79 Å². The third-order valence-electron chi connectivity index (χ3n) is 5.10. The van der Waals surface area contributed by atoms with Crippen molar-refractivity contribution in [3.63, 3.8) is 0 Å². The van der Waals surface area contributed by atoms with E-state index < -0.39 is 12.7 Å². The first kappa shape index (κ1) is 29.5. The molecule has 1 unspecified atom stereocenters. The Morgan fingerprint density at radius 3 is 2.33 bits per heavy atom. The second-order valence-electron chi connectivity index (χ2n) is 10.9. The highest BCUT2D eigenvalue weighted by atomic mass is 16.6. The first-order valence-electron chi connectivity index (χ1n) is 12.8. The number of ether oxygens (including phenoxy) is 1. The minimum Gasteiger partial charge on any atom is -0.444 e. The average molecular weight is 461 g/mol. The predicted molar refractivity (Wildman–Crippen MR) is 139 cm³/mol. The molecule has 0 spiro atoms. The molecule has 33 heavy (non-hydrogen) atoms. The Balaban J connectivity index is 0.00000265. The van der Waals surface area contributed by atoms with Crippen LogP contribution in [-0.4, -0.2) is 48.0 Å². The molecule has 0 aliphatic carbocycles. The Morgan fingerprint density at radius 1 is 1.09 bits per heavy atom. The van der Waals surface area contributed by atoms with Gasteiger partial charge in [-0.1, -0.05) is 38.1 Å².